The molecule has 0 heterocycles. The largest absolute Gasteiger partial charge is 0.489 e. The van der Waals surface area contributed by atoms with Crippen LogP contribution in [0, 0.1) is 6.92 Å². The number of aryl methyl sites for hydroxylation is 1. The van der Waals surface area contributed by atoms with Gasteiger partial charge in [-0.1, -0.05) is 29.8 Å². The van der Waals surface area contributed by atoms with Crippen molar-refractivity contribution in [3.05, 3.63) is 95.1 Å². The molecule has 0 aromatic heterocycles. The Bertz CT molecular complexity index is 945. The number of esters is 1. The van der Waals surface area contributed by atoms with E-state index in [0.717, 1.165) is 11.3 Å². The maximum Gasteiger partial charge on any atom is 0.337 e. The normalized spacial score (nSPS) is 10.2. The summed E-state index contributed by atoms with van der Waals surface area (Å²) in [7, 11) is 1.33. The summed E-state index contributed by atoms with van der Waals surface area (Å²) < 4.78 is 10.4. The van der Waals surface area contributed by atoms with Crippen LogP contribution in [-0.2, 0) is 11.3 Å². The summed E-state index contributed by atoms with van der Waals surface area (Å²) in [5, 5.41) is 2.80. The molecule has 0 saturated carbocycles. The SMILES string of the molecule is COC(=O)c1ccc(NC(=O)c2ccc(COc3ccc(C)cc3)cc2)cc1. The molecule has 0 atom stereocenters. The van der Waals surface area contributed by atoms with Gasteiger partial charge >= 0.3 is 5.97 Å². The lowest BCUT2D eigenvalue weighted by Gasteiger charge is -2.09. The first-order chi connectivity index (χ1) is 13.5. The summed E-state index contributed by atoms with van der Waals surface area (Å²) in [5.74, 6) is 0.168. The van der Waals surface area contributed by atoms with Crippen molar-refractivity contribution in [1.82, 2.24) is 0 Å². The number of carbonyl (C=O) groups is 2. The molecule has 0 fully saturated rings. The molecule has 3 aromatic carbocycles. The minimum atomic E-state index is -0.415. The van der Waals surface area contributed by atoms with E-state index in [9.17, 15) is 9.59 Å². The molecule has 1 amide bonds. The van der Waals surface area contributed by atoms with Crippen LogP contribution in [0.2, 0.25) is 0 Å². The van der Waals surface area contributed by atoms with Crippen LogP contribution < -0.4 is 10.1 Å². The van der Waals surface area contributed by atoms with Gasteiger partial charge in [-0.2, -0.15) is 0 Å². The Hall–Kier alpha value is -3.60. The summed E-state index contributed by atoms with van der Waals surface area (Å²) in [4.78, 5) is 23.8. The summed E-state index contributed by atoms with van der Waals surface area (Å²) >= 11 is 0. The van der Waals surface area contributed by atoms with Crippen LogP contribution >= 0.6 is 0 Å². The molecule has 0 aliphatic carbocycles. The molecule has 0 radical (unpaired) electrons. The number of rotatable bonds is 6. The molecular weight excluding hydrogens is 354 g/mol. The van der Waals surface area contributed by atoms with E-state index in [2.05, 4.69) is 10.1 Å². The standard InChI is InChI=1S/C23H21NO4/c1-16-3-13-21(14-4-16)28-15-17-5-7-18(8-6-17)22(25)24-20-11-9-19(10-12-20)23(26)27-2/h3-14H,15H2,1-2H3,(H,24,25). The van der Waals surface area contributed by atoms with E-state index in [1.807, 2.05) is 43.3 Å². The highest BCUT2D eigenvalue weighted by atomic mass is 16.5. The average Bonchev–Trinajstić information content (AvgIpc) is 2.73. The predicted octanol–water partition coefficient (Wildman–Crippen LogP) is 4.61. The van der Waals surface area contributed by atoms with E-state index in [1.54, 1.807) is 36.4 Å². The molecule has 5 heteroatoms. The van der Waals surface area contributed by atoms with Crippen LogP contribution in [0.25, 0.3) is 0 Å². The minimum absolute atomic E-state index is 0.225. The number of carbonyl (C=O) groups excluding carboxylic acids is 2. The van der Waals surface area contributed by atoms with Crippen molar-refractivity contribution < 1.29 is 19.1 Å². The van der Waals surface area contributed by atoms with Gasteiger partial charge in [-0.05, 0) is 61.0 Å². The van der Waals surface area contributed by atoms with Crippen molar-refractivity contribution >= 4 is 17.6 Å². The van der Waals surface area contributed by atoms with Crippen LogP contribution in [0.1, 0.15) is 31.8 Å². The zero-order valence-electron chi connectivity index (χ0n) is 15.8. The quantitative estimate of drug-likeness (QED) is 0.639. The molecule has 0 unspecified atom stereocenters. The van der Waals surface area contributed by atoms with Gasteiger partial charge in [0.1, 0.15) is 12.4 Å². The molecule has 142 valence electrons. The first-order valence-corrected chi connectivity index (χ1v) is 8.83. The number of ether oxygens (including phenoxy) is 2. The summed E-state index contributed by atoms with van der Waals surface area (Å²) in [6, 6.07) is 21.6. The first-order valence-electron chi connectivity index (χ1n) is 8.83. The van der Waals surface area contributed by atoms with Gasteiger partial charge in [0.25, 0.3) is 5.91 Å². The van der Waals surface area contributed by atoms with E-state index in [-0.39, 0.29) is 5.91 Å². The Morgan fingerprint density at radius 1 is 0.821 bits per heavy atom. The second kappa shape index (κ2) is 8.86. The number of hydrogen-bond acceptors (Lipinski definition) is 4. The van der Waals surface area contributed by atoms with E-state index < -0.39 is 5.97 Å². The number of methoxy groups -OCH3 is 1. The maximum atomic E-state index is 12.4. The molecule has 5 nitrogen and oxygen atoms in total. The van der Waals surface area contributed by atoms with E-state index in [1.165, 1.54) is 12.7 Å². The van der Waals surface area contributed by atoms with Crippen LogP contribution in [0.15, 0.2) is 72.8 Å². The van der Waals surface area contributed by atoms with Gasteiger partial charge in [0.2, 0.25) is 0 Å². The average molecular weight is 375 g/mol. The Balaban J connectivity index is 1.57. The van der Waals surface area contributed by atoms with E-state index >= 15 is 0 Å². The lowest BCUT2D eigenvalue weighted by molar-refractivity contribution is 0.0600. The zero-order chi connectivity index (χ0) is 19.9. The number of amides is 1. The molecule has 0 aliphatic heterocycles. The molecule has 3 rings (SSSR count). The highest BCUT2D eigenvalue weighted by Gasteiger charge is 2.08. The second-order valence-corrected chi connectivity index (χ2v) is 6.32. The molecule has 1 N–H and O–H groups in total. The Kier molecular flexibility index (Phi) is 6.07. The third-order valence-corrected chi connectivity index (χ3v) is 4.21. The van der Waals surface area contributed by atoms with E-state index in [0.29, 0.717) is 23.4 Å². The number of anilines is 1. The minimum Gasteiger partial charge on any atom is -0.489 e. The molecule has 28 heavy (non-hydrogen) atoms. The van der Waals surface area contributed by atoms with Crippen LogP contribution in [0.5, 0.6) is 5.75 Å². The Labute approximate surface area is 163 Å². The molecule has 0 saturated heterocycles. The van der Waals surface area contributed by atoms with E-state index in [4.69, 9.17) is 4.74 Å². The van der Waals surface area contributed by atoms with Crippen LogP contribution in [-0.4, -0.2) is 19.0 Å². The molecule has 0 bridgehead atoms. The van der Waals surface area contributed by atoms with Gasteiger partial charge in [0.15, 0.2) is 0 Å². The third-order valence-electron chi connectivity index (χ3n) is 4.21. The summed E-state index contributed by atoms with van der Waals surface area (Å²) in [5.41, 5.74) is 3.72. The van der Waals surface area contributed by atoms with Gasteiger partial charge < -0.3 is 14.8 Å². The van der Waals surface area contributed by atoms with Gasteiger partial charge in [-0.3, -0.25) is 4.79 Å². The number of benzene rings is 3. The number of hydrogen-bond donors (Lipinski definition) is 1. The summed E-state index contributed by atoms with van der Waals surface area (Å²) in [6.45, 7) is 2.46. The van der Waals surface area contributed by atoms with Crippen molar-refractivity contribution in [3.8, 4) is 5.75 Å². The van der Waals surface area contributed by atoms with Gasteiger partial charge in [-0.25, -0.2) is 4.79 Å². The van der Waals surface area contributed by atoms with Crippen LogP contribution in [0.3, 0.4) is 0 Å². The van der Waals surface area contributed by atoms with Crippen molar-refractivity contribution in [1.29, 1.82) is 0 Å². The Morgan fingerprint density at radius 2 is 1.43 bits per heavy atom. The van der Waals surface area contributed by atoms with Gasteiger partial charge in [-0.15, -0.1) is 0 Å². The second-order valence-electron chi connectivity index (χ2n) is 6.32. The zero-order valence-corrected chi connectivity index (χ0v) is 15.8. The third kappa shape index (κ3) is 4.98. The highest BCUT2D eigenvalue weighted by Crippen LogP contribution is 2.15. The topological polar surface area (TPSA) is 64.6 Å². The smallest absolute Gasteiger partial charge is 0.337 e. The lowest BCUT2D eigenvalue weighted by atomic mass is 10.1. The highest BCUT2D eigenvalue weighted by molar-refractivity contribution is 6.04. The Morgan fingerprint density at radius 3 is 2.04 bits per heavy atom. The lowest BCUT2D eigenvalue weighted by Crippen LogP contribution is -2.12. The molecular formula is C23H21NO4. The molecule has 0 aliphatic rings. The van der Waals surface area contributed by atoms with Crippen LogP contribution in [0.4, 0.5) is 5.69 Å². The fraction of sp³-hybridized carbons (Fsp3) is 0.130. The van der Waals surface area contributed by atoms with Crippen molar-refractivity contribution in [2.45, 2.75) is 13.5 Å². The van der Waals surface area contributed by atoms with Crippen molar-refractivity contribution in [2.75, 3.05) is 12.4 Å². The summed E-state index contributed by atoms with van der Waals surface area (Å²) in [6.07, 6.45) is 0. The molecule has 0 spiro atoms. The fourth-order valence-corrected chi connectivity index (χ4v) is 2.56. The predicted molar refractivity (Wildman–Crippen MR) is 108 cm³/mol. The first kappa shape index (κ1) is 19.2. The van der Waals surface area contributed by atoms with Crippen molar-refractivity contribution in [2.24, 2.45) is 0 Å². The van der Waals surface area contributed by atoms with Gasteiger partial charge in [0.05, 0.1) is 12.7 Å². The number of nitrogens with one attached hydrogen (secondary N) is 1. The monoisotopic (exact) mass is 375 g/mol. The van der Waals surface area contributed by atoms with Gasteiger partial charge in [0, 0.05) is 11.3 Å². The maximum absolute atomic E-state index is 12.4. The molecule has 3 aromatic rings. The van der Waals surface area contributed by atoms with Crippen molar-refractivity contribution in [3.63, 3.8) is 0 Å². The fourth-order valence-electron chi connectivity index (χ4n) is 2.56.